The lowest BCUT2D eigenvalue weighted by Gasteiger charge is -2.03. The fourth-order valence-corrected chi connectivity index (χ4v) is 2.15. The first kappa shape index (κ1) is 10.0. The zero-order valence-corrected chi connectivity index (χ0v) is 9.57. The van der Waals surface area contributed by atoms with Gasteiger partial charge in [-0.2, -0.15) is 21.0 Å². The Morgan fingerprint density at radius 2 is 2.35 bits per heavy atom. The van der Waals surface area contributed by atoms with E-state index in [2.05, 4.69) is 26.0 Å². The summed E-state index contributed by atoms with van der Waals surface area (Å²) < 4.78 is 1.23. The highest BCUT2D eigenvalue weighted by molar-refractivity contribution is 7.07. The molecular weight excluding hydrogens is 238 g/mol. The minimum atomic E-state index is -0.334. The van der Waals surface area contributed by atoms with Gasteiger partial charge in [-0.3, -0.25) is 0 Å². The van der Waals surface area contributed by atoms with Gasteiger partial charge in [0.25, 0.3) is 0 Å². The lowest BCUT2D eigenvalue weighted by molar-refractivity contribution is 0.875. The third-order valence-corrected chi connectivity index (χ3v) is 3.06. The lowest BCUT2D eigenvalue weighted by Crippen LogP contribution is -2.13. The van der Waals surface area contributed by atoms with E-state index in [1.165, 1.54) is 10.1 Å². The van der Waals surface area contributed by atoms with Gasteiger partial charge in [0, 0.05) is 6.54 Å². The Bertz CT molecular complexity index is 684. The van der Waals surface area contributed by atoms with Crippen molar-refractivity contribution < 1.29 is 0 Å². The molecule has 0 fully saturated rings. The quantitative estimate of drug-likeness (QED) is 0.726. The number of rotatable bonds is 3. The number of anilines is 1. The van der Waals surface area contributed by atoms with Crippen LogP contribution in [0.1, 0.15) is 5.56 Å². The molecule has 6 nitrogen and oxygen atoms in total. The predicted octanol–water partition coefficient (Wildman–Crippen LogP) is 1.09. The third-order valence-electron chi connectivity index (χ3n) is 2.33. The summed E-state index contributed by atoms with van der Waals surface area (Å²) in [7, 11) is 0. The highest BCUT2D eigenvalue weighted by Crippen LogP contribution is 2.09. The van der Waals surface area contributed by atoms with E-state index in [-0.39, 0.29) is 5.69 Å². The highest BCUT2D eigenvalue weighted by atomic mass is 32.1. The van der Waals surface area contributed by atoms with Crippen LogP contribution in [0.25, 0.3) is 5.65 Å². The fraction of sp³-hybridized carbons (Fsp3) is 0.100. The zero-order chi connectivity index (χ0) is 11.7. The van der Waals surface area contributed by atoms with E-state index in [0.29, 0.717) is 18.0 Å². The van der Waals surface area contributed by atoms with Gasteiger partial charge >= 0.3 is 5.69 Å². The summed E-state index contributed by atoms with van der Waals surface area (Å²) >= 11 is 1.65. The molecule has 17 heavy (non-hydrogen) atoms. The minimum absolute atomic E-state index is 0.334. The molecule has 0 aromatic carbocycles. The Hall–Kier alpha value is -2.15. The highest BCUT2D eigenvalue weighted by Gasteiger charge is 2.02. The van der Waals surface area contributed by atoms with E-state index < -0.39 is 0 Å². The van der Waals surface area contributed by atoms with Gasteiger partial charge in [0.2, 0.25) is 0 Å². The molecular formula is C10H9N5OS. The molecule has 0 spiro atoms. The Balaban J connectivity index is 1.85. The van der Waals surface area contributed by atoms with E-state index in [1.54, 1.807) is 23.5 Å². The molecule has 3 rings (SSSR count). The number of nitrogens with one attached hydrogen (secondary N) is 2. The van der Waals surface area contributed by atoms with Gasteiger partial charge in [-0.15, -0.1) is 5.10 Å². The molecule has 0 saturated heterocycles. The molecule has 3 aromatic rings. The molecule has 7 heteroatoms. The Labute approximate surface area is 99.9 Å². The Kier molecular flexibility index (Phi) is 2.37. The normalized spacial score (nSPS) is 10.8. The van der Waals surface area contributed by atoms with Crippen molar-refractivity contribution in [1.29, 1.82) is 0 Å². The SMILES string of the molecule is O=c1[nH]nc2ccc(NCc3ccsc3)nn12. The van der Waals surface area contributed by atoms with Crippen LogP contribution in [0.5, 0.6) is 0 Å². The van der Waals surface area contributed by atoms with E-state index in [9.17, 15) is 4.79 Å². The average Bonchev–Trinajstić information content (AvgIpc) is 2.97. The first-order valence-corrected chi connectivity index (χ1v) is 5.96. The van der Waals surface area contributed by atoms with Crippen molar-refractivity contribution in [1.82, 2.24) is 19.8 Å². The van der Waals surface area contributed by atoms with Crippen LogP contribution >= 0.6 is 11.3 Å². The van der Waals surface area contributed by atoms with Crippen LogP contribution in [0.4, 0.5) is 5.82 Å². The van der Waals surface area contributed by atoms with E-state index in [4.69, 9.17) is 0 Å². The number of aromatic amines is 1. The zero-order valence-electron chi connectivity index (χ0n) is 8.75. The van der Waals surface area contributed by atoms with Crippen molar-refractivity contribution in [3.8, 4) is 0 Å². The van der Waals surface area contributed by atoms with Crippen molar-refractivity contribution in [3.05, 3.63) is 45.0 Å². The maximum Gasteiger partial charge on any atom is 0.364 e. The lowest BCUT2D eigenvalue weighted by atomic mass is 10.3. The van der Waals surface area contributed by atoms with Crippen molar-refractivity contribution >= 4 is 22.8 Å². The number of aromatic nitrogens is 4. The number of hydrogen-bond donors (Lipinski definition) is 2. The molecule has 3 aromatic heterocycles. The summed E-state index contributed by atoms with van der Waals surface area (Å²) in [5.74, 6) is 0.646. The monoisotopic (exact) mass is 247 g/mol. The van der Waals surface area contributed by atoms with Gasteiger partial charge in [0.15, 0.2) is 5.65 Å². The van der Waals surface area contributed by atoms with Crippen LogP contribution in [0.3, 0.4) is 0 Å². The van der Waals surface area contributed by atoms with Crippen LogP contribution in [0.2, 0.25) is 0 Å². The van der Waals surface area contributed by atoms with Gasteiger partial charge in [-0.25, -0.2) is 9.89 Å². The van der Waals surface area contributed by atoms with Crippen LogP contribution in [-0.2, 0) is 6.54 Å². The molecule has 0 bridgehead atoms. The standard InChI is InChI=1S/C10H9N5OS/c16-10-13-12-9-2-1-8(14-15(9)10)11-5-7-3-4-17-6-7/h1-4,6H,5H2,(H,11,14)(H,13,16). The maximum atomic E-state index is 11.3. The number of thiophene rings is 1. The molecule has 0 amide bonds. The fourth-order valence-electron chi connectivity index (χ4n) is 1.48. The molecule has 86 valence electrons. The third kappa shape index (κ3) is 1.92. The molecule has 0 unspecified atom stereocenters. The molecule has 0 aliphatic rings. The van der Waals surface area contributed by atoms with Gasteiger partial charge in [-0.05, 0) is 34.5 Å². The smallest absolute Gasteiger partial charge is 0.364 e. The summed E-state index contributed by atoms with van der Waals surface area (Å²) in [6, 6.07) is 5.57. The summed E-state index contributed by atoms with van der Waals surface area (Å²) in [5.41, 5.74) is 1.37. The minimum Gasteiger partial charge on any atom is -0.365 e. The first-order valence-electron chi connectivity index (χ1n) is 5.02. The number of fused-ring (bicyclic) bond motifs is 1. The first-order chi connectivity index (χ1) is 8.33. The molecule has 0 aliphatic carbocycles. The maximum absolute atomic E-state index is 11.3. The van der Waals surface area contributed by atoms with Crippen LogP contribution in [0.15, 0.2) is 33.8 Å². The second kappa shape index (κ2) is 4.02. The number of H-pyrrole nitrogens is 1. The average molecular weight is 247 g/mol. The van der Waals surface area contributed by atoms with Crippen LogP contribution < -0.4 is 11.0 Å². The molecule has 0 radical (unpaired) electrons. The van der Waals surface area contributed by atoms with Crippen molar-refractivity contribution in [2.75, 3.05) is 5.32 Å². The van der Waals surface area contributed by atoms with Crippen LogP contribution in [0, 0.1) is 0 Å². The van der Waals surface area contributed by atoms with Gasteiger partial charge in [0.1, 0.15) is 5.82 Å². The second-order valence-electron chi connectivity index (χ2n) is 3.50. The number of nitrogens with zero attached hydrogens (tertiary/aromatic N) is 3. The second-order valence-corrected chi connectivity index (χ2v) is 4.28. The van der Waals surface area contributed by atoms with Gasteiger partial charge in [-0.1, -0.05) is 0 Å². The van der Waals surface area contributed by atoms with Gasteiger partial charge in [0.05, 0.1) is 0 Å². The molecule has 0 saturated carbocycles. The van der Waals surface area contributed by atoms with Crippen molar-refractivity contribution in [2.24, 2.45) is 0 Å². The Morgan fingerprint density at radius 3 is 3.18 bits per heavy atom. The van der Waals surface area contributed by atoms with Crippen molar-refractivity contribution in [2.45, 2.75) is 6.54 Å². The molecule has 3 heterocycles. The largest absolute Gasteiger partial charge is 0.365 e. The summed E-state index contributed by atoms with van der Waals surface area (Å²) in [6.07, 6.45) is 0. The van der Waals surface area contributed by atoms with E-state index >= 15 is 0 Å². The van der Waals surface area contributed by atoms with Crippen molar-refractivity contribution in [3.63, 3.8) is 0 Å². The van der Waals surface area contributed by atoms with Gasteiger partial charge < -0.3 is 5.32 Å². The van der Waals surface area contributed by atoms with E-state index in [1.807, 2.05) is 11.4 Å². The molecule has 0 aliphatic heterocycles. The number of hydrogen-bond acceptors (Lipinski definition) is 5. The predicted molar refractivity (Wildman–Crippen MR) is 65.3 cm³/mol. The summed E-state index contributed by atoms with van der Waals surface area (Å²) in [4.78, 5) is 11.3. The van der Waals surface area contributed by atoms with Crippen LogP contribution in [-0.4, -0.2) is 19.8 Å². The molecule has 2 N–H and O–H groups in total. The molecule has 0 atom stereocenters. The Morgan fingerprint density at radius 1 is 1.41 bits per heavy atom. The topological polar surface area (TPSA) is 75.1 Å². The summed E-state index contributed by atoms with van der Waals surface area (Å²) in [6.45, 7) is 0.689. The summed E-state index contributed by atoms with van der Waals surface area (Å²) in [5, 5.41) is 17.5. The van der Waals surface area contributed by atoms with E-state index in [0.717, 1.165) is 0 Å².